The fourth-order valence-electron chi connectivity index (χ4n) is 4.69. The van der Waals surface area contributed by atoms with Crippen LogP contribution in [0.2, 0.25) is 5.02 Å². The van der Waals surface area contributed by atoms with Crippen molar-refractivity contribution in [1.82, 2.24) is 19.4 Å². The van der Waals surface area contributed by atoms with E-state index in [1.165, 1.54) is 5.56 Å². The smallest absolute Gasteiger partial charge is 0.225 e. The number of hydrogen-bond donors (Lipinski definition) is 0. The van der Waals surface area contributed by atoms with Crippen molar-refractivity contribution in [1.29, 1.82) is 0 Å². The standard InChI is InChI=1S/C26H33ClN4O/c1-3-15-30(4-2)26(32)21-13-16-29(17-14-21)19-25-28-23-7-5-6-8-24(23)31(25)18-20-9-11-22(27)12-10-20/h5-12,21H,3-4,13-19H2,1-2H3. The number of carbonyl (C=O) groups excluding carboxylic acids is 1. The summed E-state index contributed by atoms with van der Waals surface area (Å²) >= 11 is 6.08. The Kier molecular flexibility index (Phi) is 7.48. The first-order chi connectivity index (χ1) is 15.6. The Balaban J connectivity index is 1.47. The molecule has 1 fully saturated rings. The van der Waals surface area contributed by atoms with Gasteiger partial charge in [-0.25, -0.2) is 4.98 Å². The Morgan fingerprint density at radius 2 is 1.78 bits per heavy atom. The van der Waals surface area contributed by atoms with Crippen LogP contribution in [0.25, 0.3) is 11.0 Å². The number of nitrogens with zero attached hydrogens (tertiary/aromatic N) is 4. The van der Waals surface area contributed by atoms with Crippen LogP contribution in [-0.2, 0) is 17.9 Å². The van der Waals surface area contributed by atoms with Crippen LogP contribution in [0.1, 0.15) is 44.5 Å². The monoisotopic (exact) mass is 452 g/mol. The van der Waals surface area contributed by atoms with Crippen molar-refractivity contribution in [3.8, 4) is 0 Å². The molecule has 0 aliphatic carbocycles. The summed E-state index contributed by atoms with van der Waals surface area (Å²) < 4.78 is 2.32. The number of para-hydroxylation sites is 2. The van der Waals surface area contributed by atoms with Gasteiger partial charge >= 0.3 is 0 Å². The third kappa shape index (κ3) is 5.16. The topological polar surface area (TPSA) is 41.4 Å². The molecule has 4 rings (SSSR count). The van der Waals surface area contributed by atoms with Gasteiger partial charge in [-0.05, 0) is 69.1 Å². The van der Waals surface area contributed by atoms with E-state index in [2.05, 4.69) is 53.6 Å². The molecule has 0 spiro atoms. The zero-order valence-electron chi connectivity index (χ0n) is 19.1. The predicted octanol–water partition coefficient (Wildman–Crippen LogP) is 5.21. The van der Waals surface area contributed by atoms with Crippen molar-refractivity contribution in [3.05, 3.63) is 64.9 Å². The molecule has 1 saturated heterocycles. The molecule has 0 atom stereocenters. The second-order valence-corrected chi connectivity index (χ2v) is 9.13. The molecule has 170 valence electrons. The zero-order valence-corrected chi connectivity index (χ0v) is 19.9. The summed E-state index contributed by atoms with van der Waals surface area (Å²) in [6, 6.07) is 16.4. The largest absolute Gasteiger partial charge is 0.343 e. The first-order valence-corrected chi connectivity index (χ1v) is 12.2. The molecule has 1 amide bonds. The van der Waals surface area contributed by atoms with Crippen LogP contribution in [0.3, 0.4) is 0 Å². The zero-order chi connectivity index (χ0) is 22.5. The molecule has 2 heterocycles. The second kappa shape index (κ2) is 10.5. The molecule has 1 aliphatic rings. The number of amides is 1. The number of aromatic nitrogens is 2. The van der Waals surface area contributed by atoms with Crippen molar-refractivity contribution in [2.45, 2.75) is 46.2 Å². The lowest BCUT2D eigenvalue weighted by Gasteiger charge is -2.33. The molecular formula is C26H33ClN4O. The van der Waals surface area contributed by atoms with E-state index in [9.17, 15) is 4.79 Å². The first kappa shape index (κ1) is 22.8. The second-order valence-electron chi connectivity index (χ2n) is 8.70. The Labute approximate surface area is 196 Å². The minimum atomic E-state index is 0.158. The number of hydrogen-bond acceptors (Lipinski definition) is 3. The lowest BCUT2D eigenvalue weighted by Crippen LogP contribution is -2.42. The van der Waals surface area contributed by atoms with E-state index in [0.29, 0.717) is 5.91 Å². The highest BCUT2D eigenvalue weighted by Crippen LogP contribution is 2.24. The molecule has 0 radical (unpaired) electrons. The average Bonchev–Trinajstić information content (AvgIpc) is 3.16. The highest BCUT2D eigenvalue weighted by atomic mass is 35.5. The first-order valence-electron chi connectivity index (χ1n) is 11.8. The number of rotatable bonds is 8. The van der Waals surface area contributed by atoms with Crippen LogP contribution in [0.4, 0.5) is 0 Å². The highest BCUT2D eigenvalue weighted by Gasteiger charge is 2.28. The summed E-state index contributed by atoms with van der Waals surface area (Å²) in [5.41, 5.74) is 3.39. The molecule has 0 saturated carbocycles. The van der Waals surface area contributed by atoms with E-state index >= 15 is 0 Å². The summed E-state index contributed by atoms with van der Waals surface area (Å²) in [7, 11) is 0. The van der Waals surface area contributed by atoms with E-state index in [4.69, 9.17) is 16.6 Å². The van der Waals surface area contributed by atoms with E-state index in [1.54, 1.807) is 0 Å². The van der Waals surface area contributed by atoms with E-state index in [-0.39, 0.29) is 5.92 Å². The molecule has 5 nitrogen and oxygen atoms in total. The number of piperidine rings is 1. The number of benzene rings is 2. The van der Waals surface area contributed by atoms with Crippen LogP contribution in [-0.4, -0.2) is 51.4 Å². The Hall–Kier alpha value is -2.37. The van der Waals surface area contributed by atoms with Crippen molar-refractivity contribution in [2.75, 3.05) is 26.2 Å². The fraction of sp³-hybridized carbons (Fsp3) is 0.462. The summed E-state index contributed by atoms with van der Waals surface area (Å²) in [4.78, 5) is 22.3. The van der Waals surface area contributed by atoms with Gasteiger partial charge in [-0.1, -0.05) is 42.8 Å². The van der Waals surface area contributed by atoms with Gasteiger partial charge in [-0.3, -0.25) is 9.69 Å². The van der Waals surface area contributed by atoms with Crippen LogP contribution < -0.4 is 0 Å². The Morgan fingerprint density at radius 3 is 2.47 bits per heavy atom. The Bertz CT molecular complexity index is 1040. The van der Waals surface area contributed by atoms with Crippen molar-refractivity contribution in [2.24, 2.45) is 5.92 Å². The van der Waals surface area contributed by atoms with Gasteiger partial charge < -0.3 is 9.47 Å². The summed E-state index contributed by atoms with van der Waals surface area (Å²) in [6.45, 7) is 9.32. The maximum atomic E-state index is 12.9. The van der Waals surface area contributed by atoms with Gasteiger partial charge in [0.05, 0.1) is 17.6 Å². The molecule has 0 bridgehead atoms. The maximum Gasteiger partial charge on any atom is 0.225 e. The van der Waals surface area contributed by atoms with Crippen molar-refractivity contribution < 1.29 is 4.79 Å². The molecule has 0 unspecified atom stereocenters. The van der Waals surface area contributed by atoms with Gasteiger partial charge in [0.2, 0.25) is 5.91 Å². The normalized spacial score (nSPS) is 15.3. The molecule has 32 heavy (non-hydrogen) atoms. The third-order valence-corrected chi connectivity index (χ3v) is 6.73. The third-order valence-electron chi connectivity index (χ3n) is 6.48. The van der Waals surface area contributed by atoms with Gasteiger partial charge in [0.15, 0.2) is 0 Å². The number of likely N-dealkylation sites (tertiary alicyclic amines) is 1. The number of imidazole rings is 1. The van der Waals surface area contributed by atoms with Gasteiger partial charge in [-0.2, -0.15) is 0 Å². The van der Waals surface area contributed by atoms with Gasteiger partial charge in [0.25, 0.3) is 0 Å². The van der Waals surface area contributed by atoms with E-state index < -0.39 is 0 Å². The lowest BCUT2D eigenvalue weighted by atomic mass is 9.95. The van der Waals surface area contributed by atoms with Crippen LogP contribution >= 0.6 is 11.6 Å². The summed E-state index contributed by atoms with van der Waals surface area (Å²) in [6.07, 6.45) is 2.87. The minimum Gasteiger partial charge on any atom is -0.343 e. The molecule has 0 N–H and O–H groups in total. The molecule has 3 aromatic rings. The minimum absolute atomic E-state index is 0.158. The molecular weight excluding hydrogens is 420 g/mol. The van der Waals surface area contributed by atoms with Crippen LogP contribution in [0, 0.1) is 5.92 Å². The number of carbonyl (C=O) groups is 1. The van der Waals surface area contributed by atoms with Crippen LogP contribution in [0.5, 0.6) is 0 Å². The van der Waals surface area contributed by atoms with E-state index in [0.717, 1.165) is 80.4 Å². The van der Waals surface area contributed by atoms with E-state index in [1.807, 2.05) is 23.1 Å². The number of fused-ring (bicyclic) bond motifs is 1. The maximum absolute atomic E-state index is 12.9. The quantitative estimate of drug-likeness (QED) is 0.471. The summed E-state index contributed by atoms with van der Waals surface area (Å²) in [5.74, 6) is 1.57. The predicted molar refractivity (Wildman–Crippen MR) is 131 cm³/mol. The highest BCUT2D eigenvalue weighted by molar-refractivity contribution is 6.30. The van der Waals surface area contributed by atoms with Gasteiger partial charge in [-0.15, -0.1) is 0 Å². The van der Waals surface area contributed by atoms with Crippen molar-refractivity contribution in [3.63, 3.8) is 0 Å². The lowest BCUT2D eigenvalue weighted by molar-refractivity contribution is -0.137. The van der Waals surface area contributed by atoms with Gasteiger partial charge in [0.1, 0.15) is 5.82 Å². The SMILES string of the molecule is CCCN(CC)C(=O)C1CCN(Cc2nc3ccccc3n2Cc2ccc(Cl)cc2)CC1. The molecule has 2 aromatic carbocycles. The molecule has 6 heteroatoms. The van der Waals surface area contributed by atoms with Gasteiger partial charge in [0, 0.05) is 30.6 Å². The van der Waals surface area contributed by atoms with Crippen molar-refractivity contribution >= 4 is 28.5 Å². The number of halogens is 1. The molecule has 1 aromatic heterocycles. The average molecular weight is 453 g/mol. The Morgan fingerprint density at radius 1 is 1.06 bits per heavy atom. The fourth-order valence-corrected chi connectivity index (χ4v) is 4.81. The summed E-state index contributed by atoms with van der Waals surface area (Å²) in [5, 5.41) is 0.752. The van der Waals surface area contributed by atoms with Crippen LogP contribution in [0.15, 0.2) is 48.5 Å². The molecule has 1 aliphatic heterocycles.